The molecule has 0 radical (unpaired) electrons. The predicted molar refractivity (Wildman–Crippen MR) is 70.2 cm³/mol. The van der Waals surface area contributed by atoms with Gasteiger partial charge >= 0.3 is 5.76 Å². The van der Waals surface area contributed by atoms with Crippen molar-refractivity contribution >= 4 is 17.0 Å². The number of carbonyl (C=O) groups is 1. The Morgan fingerprint density at radius 3 is 2.79 bits per heavy atom. The molecule has 2 rings (SSSR count). The largest absolute Gasteiger partial charge is 0.419 e. The van der Waals surface area contributed by atoms with Gasteiger partial charge in [0.25, 0.3) is 5.91 Å². The first-order chi connectivity index (χ1) is 8.90. The smallest absolute Gasteiger partial charge is 0.408 e. The van der Waals surface area contributed by atoms with Gasteiger partial charge in [-0.3, -0.25) is 14.8 Å². The summed E-state index contributed by atoms with van der Waals surface area (Å²) < 4.78 is 6.39. The number of rotatable bonds is 3. The van der Waals surface area contributed by atoms with E-state index in [1.165, 1.54) is 9.58 Å². The normalized spacial score (nSPS) is 12.9. The Morgan fingerprint density at radius 2 is 2.16 bits per heavy atom. The second kappa shape index (κ2) is 4.87. The van der Waals surface area contributed by atoms with Gasteiger partial charge in [-0.15, -0.1) is 0 Å². The summed E-state index contributed by atoms with van der Waals surface area (Å²) in [4.78, 5) is 23.2. The van der Waals surface area contributed by atoms with Gasteiger partial charge in [0.05, 0.1) is 5.52 Å². The highest BCUT2D eigenvalue weighted by molar-refractivity contribution is 5.84. The van der Waals surface area contributed by atoms with Crippen LogP contribution in [0, 0.1) is 0 Å². The van der Waals surface area contributed by atoms with Gasteiger partial charge in [-0.1, -0.05) is 6.07 Å². The van der Waals surface area contributed by atoms with Gasteiger partial charge in [-0.25, -0.2) is 9.80 Å². The van der Waals surface area contributed by atoms with Crippen LogP contribution < -0.4 is 16.9 Å². The molecule has 0 fully saturated rings. The number of oxazole rings is 1. The van der Waals surface area contributed by atoms with E-state index < -0.39 is 11.8 Å². The molecule has 1 atom stereocenters. The number of carbonyl (C=O) groups excluding carboxylic acids is 1. The van der Waals surface area contributed by atoms with Crippen LogP contribution in [-0.4, -0.2) is 29.6 Å². The zero-order valence-corrected chi connectivity index (χ0v) is 11.0. The number of aryl methyl sites for hydroxylation is 1. The Balaban J connectivity index is 2.37. The highest BCUT2D eigenvalue weighted by Crippen LogP contribution is 2.18. The summed E-state index contributed by atoms with van der Waals surface area (Å²) in [6.07, 6.45) is 0. The number of hydrogen-bond donors (Lipinski definition) is 2. The Labute approximate surface area is 109 Å². The summed E-state index contributed by atoms with van der Waals surface area (Å²) in [5.74, 6) is -0.767. The molecule has 1 amide bonds. The van der Waals surface area contributed by atoms with Crippen LogP contribution in [0.2, 0.25) is 0 Å². The average Bonchev–Trinajstić information content (AvgIpc) is 2.63. The fraction of sp³-hybridized carbons (Fsp3) is 0.333. The topological polar surface area (TPSA) is 93.5 Å². The Morgan fingerprint density at radius 1 is 1.47 bits per heavy atom. The molecule has 1 aromatic carbocycles. The van der Waals surface area contributed by atoms with Gasteiger partial charge in [0, 0.05) is 21.1 Å². The van der Waals surface area contributed by atoms with E-state index in [-0.39, 0.29) is 5.91 Å². The fourth-order valence-electron chi connectivity index (χ4n) is 1.78. The molecule has 19 heavy (non-hydrogen) atoms. The summed E-state index contributed by atoms with van der Waals surface area (Å²) in [7, 11) is 5.00. The molecule has 1 heterocycles. The van der Waals surface area contributed by atoms with Crippen LogP contribution in [0.15, 0.2) is 27.4 Å². The van der Waals surface area contributed by atoms with Gasteiger partial charge in [-0.2, -0.15) is 0 Å². The molecular formula is C12H16N4O3. The monoisotopic (exact) mass is 264 g/mol. The molecule has 7 nitrogen and oxygen atoms in total. The maximum absolute atomic E-state index is 11.8. The van der Waals surface area contributed by atoms with Gasteiger partial charge < -0.3 is 10.2 Å². The minimum Gasteiger partial charge on any atom is -0.408 e. The molecule has 0 spiro atoms. The molecule has 1 aromatic heterocycles. The average molecular weight is 264 g/mol. The van der Waals surface area contributed by atoms with Crippen molar-refractivity contribution in [2.45, 2.75) is 6.04 Å². The van der Waals surface area contributed by atoms with Crippen molar-refractivity contribution < 1.29 is 9.21 Å². The van der Waals surface area contributed by atoms with Crippen molar-refractivity contribution in [2.24, 2.45) is 12.8 Å². The van der Waals surface area contributed by atoms with Crippen molar-refractivity contribution in [1.29, 1.82) is 0 Å². The third-order valence-corrected chi connectivity index (χ3v) is 2.79. The summed E-state index contributed by atoms with van der Waals surface area (Å²) in [5, 5.41) is 1.52. The predicted octanol–water partition coefficient (Wildman–Crippen LogP) is -0.276. The molecule has 0 aliphatic heterocycles. The summed E-state index contributed by atoms with van der Waals surface area (Å²) in [6.45, 7) is 0. The van der Waals surface area contributed by atoms with Crippen molar-refractivity contribution in [3.05, 3.63) is 34.3 Å². The quantitative estimate of drug-likeness (QED) is 0.744. The second-order valence-corrected chi connectivity index (χ2v) is 4.50. The van der Waals surface area contributed by atoms with Gasteiger partial charge in [0.15, 0.2) is 5.58 Å². The number of benzene rings is 1. The Hall–Kier alpha value is -2.12. The molecule has 1 unspecified atom stereocenters. The van der Waals surface area contributed by atoms with Crippen LogP contribution in [-0.2, 0) is 11.8 Å². The zero-order valence-electron chi connectivity index (χ0n) is 11.0. The number of nitrogens with two attached hydrogens (primary N) is 1. The number of fused-ring (bicyclic) bond motifs is 1. The van der Waals surface area contributed by atoms with Crippen LogP contribution in [0.3, 0.4) is 0 Å². The van der Waals surface area contributed by atoms with E-state index in [2.05, 4.69) is 5.43 Å². The Kier molecular flexibility index (Phi) is 3.41. The summed E-state index contributed by atoms with van der Waals surface area (Å²) >= 11 is 0. The molecule has 0 aliphatic carbocycles. The van der Waals surface area contributed by atoms with E-state index in [0.29, 0.717) is 16.7 Å². The molecule has 7 heteroatoms. The molecule has 0 bridgehead atoms. The first kappa shape index (κ1) is 13.3. The third-order valence-electron chi connectivity index (χ3n) is 2.79. The minimum absolute atomic E-state index is 0.321. The molecule has 0 saturated heterocycles. The van der Waals surface area contributed by atoms with Crippen molar-refractivity contribution in [1.82, 2.24) is 15.0 Å². The van der Waals surface area contributed by atoms with Crippen LogP contribution in [0.1, 0.15) is 11.6 Å². The molecule has 102 valence electrons. The van der Waals surface area contributed by atoms with Gasteiger partial charge in [-0.05, 0) is 17.7 Å². The number of nitrogens with zero attached hydrogens (tertiary/aromatic N) is 2. The highest BCUT2D eigenvalue weighted by Gasteiger charge is 2.18. The lowest BCUT2D eigenvalue weighted by atomic mass is 10.1. The lowest BCUT2D eigenvalue weighted by Crippen LogP contribution is -2.41. The number of amides is 1. The lowest BCUT2D eigenvalue weighted by molar-refractivity contribution is -0.126. The third kappa shape index (κ3) is 2.51. The van der Waals surface area contributed by atoms with Crippen LogP contribution >= 0.6 is 0 Å². The SMILES string of the molecule is CN(C)NC(=O)C(N)c1ccc2oc(=O)n(C)c2c1. The fourth-order valence-corrected chi connectivity index (χ4v) is 1.78. The minimum atomic E-state index is -0.809. The maximum Gasteiger partial charge on any atom is 0.419 e. The number of hydrogen-bond acceptors (Lipinski definition) is 5. The first-order valence-corrected chi connectivity index (χ1v) is 5.73. The van der Waals surface area contributed by atoms with E-state index in [4.69, 9.17) is 10.2 Å². The summed E-state index contributed by atoms with van der Waals surface area (Å²) in [5.41, 5.74) is 10.2. The Bertz CT molecular complexity index is 671. The van der Waals surface area contributed by atoms with E-state index in [9.17, 15) is 9.59 Å². The molecule has 0 aliphatic rings. The molecule has 2 aromatic rings. The van der Waals surface area contributed by atoms with E-state index in [1.54, 1.807) is 39.3 Å². The van der Waals surface area contributed by atoms with Crippen molar-refractivity contribution in [3.8, 4) is 0 Å². The molecular weight excluding hydrogens is 248 g/mol. The summed E-state index contributed by atoms with van der Waals surface area (Å²) in [6, 6.07) is 4.18. The number of nitrogens with one attached hydrogen (secondary N) is 1. The van der Waals surface area contributed by atoms with Crippen LogP contribution in [0.4, 0.5) is 0 Å². The first-order valence-electron chi connectivity index (χ1n) is 5.73. The number of aromatic nitrogens is 1. The van der Waals surface area contributed by atoms with Crippen LogP contribution in [0.25, 0.3) is 11.1 Å². The maximum atomic E-state index is 11.8. The van der Waals surface area contributed by atoms with Crippen LogP contribution in [0.5, 0.6) is 0 Å². The van der Waals surface area contributed by atoms with E-state index in [0.717, 1.165) is 0 Å². The van der Waals surface area contributed by atoms with Crippen molar-refractivity contribution in [2.75, 3.05) is 14.1 Å². The lowest BCUT2D eigenvalue weighted by Gasteiger charge is -2.16. The van der Waals surface area contributed by atoms with Gasteiger partial charge in [0.1, 0.15) is 6.04 Å². The molecule has 3 N–H and O–H groups in total. The van der Waals surface area contributed by atoms with E-state index >= 15 is 0 Å². The second-order valence-electron chi connectivity index (χ2n) is 4.50. The van der Waals surface area contributed by atoms with Gasteiger partial charge in [0.2, 0.25) is 0 Å². The standard InChI is InChI=1S/C12H16N4O3/c1-15(2)14-11(17)10(13)7-4-5-9-8(6-7)16(3)12(18)19-9/h4-6,10H,13H2,1-3H3,(H,14,17). The molecule has 0 saturated carbocycles. The van der Waals surface area contributed by atoms with E-state index in [1.807, 2.05) is 0 Å². The zero-order chi connectivity index (χ0) is 14.2. The highest BCUT2D eigenvalue weighted by atomic mass is 16.4. The van der Waals surface area contributed by atoms with Crippen molar-refractivity contribution in [3.63, 3.8) is 0 Å². The number of hydrazine groups is 1.